The Morgan fingerprint density at radius 2 is 1.57 bits per heavy atom. The summed E-state index contributed by atoms with van der Waals surface area (Å²) in [7, 11) is 0. The highest BCUT2D eigenvalue weighted by Gasteiger charge is 2.13. The van der Waals surface area contributed by atoms with Crippen LogP contribution < -0.4 is 10.6 Å². The van der Waals surface area contributed by atoms with Gasteiger partial charge in [-0.3, -0.25) is 14.4 Å². The number of hydrogen-bond donors (Lipinski definition) is 2. The van der Waals surface area contributed by atoms with Crippen molar-refractivity contribution in [2.75, 3.05) is 19.7 Å². The van der Waals surface area contributed by atoms with Crippen molar-refractivity contribution in [2.24, 2.45) is 0 Å². The number of nitrogens with one attached hydrogen (secondary N) is 2. The molecule has 6 nitrogen and oxygen atoms in total. The number of hydrogen-bond acceptors (Lipinski definition) is 4. The zero-order chi connectivity index (χ0) is 20.5. The summed E-state index contributed by atoms with van der Waals surface area (Å²) in [6.45, 7) is -0.434. The number of rotatable bonds is 8. The fourth-order valence-electron chi connectivity index (χ4n) is 2.17. The van der Waals surface area contributed by atoms with E-state index in [9.17, 15) is 14.4 Å². The maximum Gasteiger partial charge on any atom is 0.325 e. The highest BCUT2D eigenvalue weighted by Crippen LogP contribution is 2.20. The lowest BCUT2D eigenvalue weighted by Gasteiger charge is -2.08. The molecule has 2 amide bonds. The molecule has 0 saturated carbocycles. The van der Waals surface area contributed by atoms with Gasteiger partial charge in [-0.25, -0.2) is 0 Å². The van der Waals surface area contributed by atoms with E-state index in [0.29, 0.717) is 23.0 Å². The van der Waals surface area contributed by atoms with Gasteiger partial charge < -0.3 is 15.4 Å². The van der Waals surface area contributed by atoms with E-state index in [-0.39, 0.29) is 10.6 Å². The first-order valence-corrected chi connectivity index (χ1v) is 9.38. The van der Waals surface area contributed by atoms with Gasteiger partial charge in [0.1, 0.15) is 6.54 Å². The van der Waals surface area contributed by atoms with Gasteiger partial charge in [-0.1, -0.05) is 46.9 Å². The molecule has 0 spiro atoms. The number of benzene rings is 2. The van der Waals surface area contributed by atoms with Gasteiger partial charge >= 0.3 is 5.97 Å². The lowest BCUT2D eigenvalue weighted by molar-refractivity contribution is -0.147. The highest BCUT2D eigenvalue weighted by atomic mass is 35.5. The molecule has 28 heavy (non-hydrogen) atoms. The third kappa shape index (κ3) is 7.38. The summed E-state index contributed by atoms with van der Waals surface area (Å²) in [5, 5.41) is 6.21. The third-order valence-corrected chi connectivity index (χ3v) is 4.38. The molecular weight excluding hydrogens is 427 g/mol. The molecule has 0 bridgehead atoms. The Balaban J connectivity index is 1.65. The maximum absolute atomic E-state index is 12.0. The lowest BCUT2D eigenvalue weighted by atomic mass is 10.1. The molecule has 9 heteroatoms. The first kappa shape index (κ1) is 22.0. The van der Waals surface area contributed by atoms with E-state index < -0.39 is 30.9 Å². The molecule has 0 atom stereocenters. The van der Waals surface area contributed by atoms with Crippen LogP contribution in [0.1, 0.15) is 15.9 Å². The van der Waals surface area contributed by atoms with Crippen LogP contribution in [0.25, 0.3) is 0 Å². The Labute approximate surface area is 177 Å². The molecule has 0 aromatic heterocycles. The Morgan fingerprint density at radius 3 is 2.25 bits per heavy atom. The van der Waals surface area contributed by atoms with E-state index in [4.69, 9.17) is 39.5 Å². The third-order valence-electron chi connectivity index (χ3n) is 3.58. The van der Waals surface area contributed by atoms with Crippen molar-refractivity contribution in [2.45, 2.75) is 6.42 Å². The highest BCUT2D eigenvalue weighted by molar-refractivity contribution is 6.36. The van der Waals surface area contributed by atoms with Crippen LogP contribution in [0.4, 0.5) is 0 Å². The van der Waals surface area contributed by atoms with E-state index in [1.165, 1.54) is 18.2 Å². The molecular formula is C19H17Cl3N2O4. The minimum Gasteiger partial charge on any atom is -0.454 e. The van der Waals surface area contributed by atoms with E-state index in [1.807, 2.05) is 12.1 Å². The molecule has 0 heterocycles. The smallest absolute Gasteiger partial charge is 0.325 e. The van der Waals surface area contributed by atoms with Gasteiger partial charge in [-0.05, 0) is 42.3 Å². The van der Waals surface area contributed by atoms with Gasteiger partial charge in [0.25, 0.3) is 11.8 Å². The van der Waals surface area contributed by atoms with Crippen LogP contribution in [-0.4, -0.2) is 37.5 Å². The summed E-state index contributed by atoms with van der Waals surface area (Å²) in [6, 6.07) is 11.6. The number of esters is 1. The summed E-state index contributed by atoms with van der Waals surface area (Å²) >= 11 is 17.5. The monoisotopic (exact) mass is 442 g/mol. The summed E-state index contributed by atoms with van der Waals surface area (Å²) in [6.07, 6.45) is 0.620. The molecule has 0 aliphatic carbocycles. The van der Waals surface area contributed by atoms with Crippen LogP contribution in [0.5, 0.6) is 0 Å². The van der Waals surface area contributed by atoms with Crippen molar-refractivity contribution in [3.63, 3.8) is 0 Å². The van der Waals surface area contributed by atoms with Crippen molar-refractivity contribution >= 4 is 52.6 Å². The van der Waals surface area contributed by atoms with Crippen LogP contribution in [0.15, 0.2) is 42.5 Å². The number of ether oxygens (including phenoxy) is 1. The molecule has 0 unspecified atom stereocenters. The number of halogens is 3. The Hall–Kier alpha value is -2.28. The van der Waals surface area contributed by atoms with Gasteiger partial charge in [-0.2, -0.15) is 0 Å². The largest absolute Gasteiger partial charge is 0.454 e. The fourth-order valence-corrected chi connectivity index (χ4v) is 2.79. The summed E-state index contributed by atoms with van der Waals surface area (Å²) in [5.41, 5.74) is 1.20. The predicted molar refractivity (Wildman–Crippen MR) is 108 cm³/mol. The summed E-state index contributed by atoms with van der Waals surface area (Å²) in [4.78, 5) is 35.3. The molecule has 0 aliphatic rings. The molecule has 2 rings (SSSR count). The second kappa shape index (κ2) is 10.9. The quantitative estimate of drug-likeness (QED) is 0.613. The van der Waals surface area contributed by atoms with Crippen molar-refractivity contribution in [1.82, 2.24) is 10.6 Å². The number of carbonyl (C=O) groups excluding carboxylic acids is 3. The first-order valence-electron chi connectivity index (χ1n) is 8.25. The topological polar surface area (TPSA) is 84.5 Å². The van der Waals surface area contributed by atoms with Gasteiger partial charge in [0.05, 0.1) is 10.6 Å². The summed E-state index contributed by atoms with van der Waals surface area (Å²) in [5.74, 6) is -1.73. The zero-order valence-electron chi connectivity index (χ0n) is 14.6. The molecule has 0 saturated heterocycles. The van der Waals surface area contributed by atoms with Gasteiger partial charge in [0.2, 0.25) is 0 Å². The number of amides is 2. The van der Waals surface area contributed by atoms with E-state index in [1.54, 1.807) is 12.1 Å². The molecule has 2 aromatic carbocycles. The Bertz CT molecular complexity index is 857. The van der Waals surface area contributed by atoms with Crippen LogP contribution in [-0.2, 0) is 20.7 Å². The standard InChI is InChI=1S/C19H17Cl3N2O4/c20-13-3-1-12(2-4-13)7-8-23-17(25)11-28-18(26)10-24-19(27)15-6-5-14(21)9-16(15)22/h1-6,9H,7-8,10-11H2,(H,23,25)(H,24,27). The van der Waals surface area contributed by atoms with Crippen molar-refractivity contribution in [3.05, 3.63) is 68.7 Å². The SMILES string of the molecule is O=C(COC(=O)CNC(=O)c1ccc(Cl)cc1Cl)NCCc1ccc(Cl)cc1. The predicted octanol–water partition coefficient (Wildman–Crippen LogP) is 3.28. The molecule has 0 radical (unpaired) electrons. The maximum atomic E-state index is 12.0. The average molecular weight is 444 g/mol. The first-order chi connectivity index (χ1) is 13.3. The minimum absolute atomic E-state index is 0.165. The van der Waals surface area contributed by atoms with E-state index in [2.05, 4.69) is 10.6 Å². The normalized spacial score (nSPS) is 10.2. The molecule has 2 aromatic rings. The van der Waals surface area contributed by atoms with Crippen molar-refractivity contribution in [1.29, 1.82) is 0 Å². The molecule has 2 N–H and O–H groups in total. The molecule has 0 fully saturated rings. The minimum atomic E-state index is -0.744. The second-order valence-corrected chi connectivity index (χ2v) is 6.97. The summed E-state index contributed by atoms with van der Waals surface area (Å²) < 4.78 is 4.82. The molecule has 148 valence electrons. The van der Waals surface area contributed by atoms with E-state index in [0.717, 1.165) is 5.56 Å². The van der Waals surface area contributed by atoms with Crippen LogP contribution in [0, 0.1) is 0 Å². The lowest BCUT2D eigenvalue weighted by Crippen LogP contribution is -2.34. The van der Waals surface area contributed by atoms with Gasteiger partial charge in [0, 0.05) is 16.6 Å². The van der Waals surface area contributed by atoms with Gasteiger partial charge in [0.15, 0.2) is 6.61 Å². The number of carbonyl (C=O) groups is 3. The fraction of sp³-hybridized carbons (Fsp3) is 0.211. The second-order valence-electron chi connectivity index (χ2n) is 5.69. The van der Waals surface area contributed by atoms with Crippen LogP contribution >= 0.6 is 34.8 Å². The zero-order valence-corrected chi connectivity index (χ0v) is 16.9. The average Bonchev–Trinajstić information content (AvgIpc) is 2.66. The van der Waals surface area contributed by atoms with Crippen LogP contribution in [0.3, 0.4) is 0 Å². The van der Waals surface area contributed by atoms with Crippen molar-refractivity contribution in [3.8, 4) is 0 Å². The Kier molecular flexibility index (Phi) is 8.57. The van der Waals surface area contributed by atoms with E-state index >= 15 is 0 Å². The van der Waals surface area contributed by atoms with Crippen LogP contribution in [0.2, 0.25) is 15.1 Å². The van der Waals surface area contributed by atoms with Crippen molar-refractivity contribution < 1.29 is 19.1 Å². The molecule has 0 aliphatic heterocycles. The van der Waals surface area contributed by atoms with Gasteiger partial charge in [-0.15, -0.1) is 0 Å². The Morgan fingerprint density at radius 1 is 0.893 bits per heavy atom.